The van der Waals surface area contributed by atoms with Gasteiger partial charge in [0.15, 0.2) is 0 Å². The van der Waals surface area contributed by atoms with E-state index in [1.807, 2.05) is 4.90 Å². The van der Waals surface area contributed by atoms with E-state index in [1.54, 1.807) is 24.3 Å². The topological polar surface area (TPSA) is 86.4 Å². The van der Waals surface area contributed by atoms with Crippen molar-refractivity contribution >= 4 is 23.4 Å². The molecule has 0 aliphatic carbocycles. The van der Waals surface area contributed by atoms with Crippen molar-refractivity contribution in [2.45, 2.75) is 6.54 Å². The summed E-state index contributed by atoms with van der Waals surface area (Å²) >= 11 is 0. The number of halogens is 1. The third-order valence-electron chi connectivity index (χ3n) is 3.71. The normalized spacial score (nSPS) is 14.0. The van der Waals surface area contributed by atoms with E-state index in [0.717, 1.165) is 0 Å². The minimum Gasteiger partial charge on any atom is -0.353 e. The molecule has 25 heavy (non-hydrogen) atoms. The fourth-order valence-electron chi connectivity index (χ4n) is 2.49. The Morgan fingerprint density at radius 2 is 2.20 bits per heavy atom. The second kappa shape index (κ2) is 7.61. The lowest BCUT2D eigenvalue weighted by molar-refractivity contribution is -0.120. The van der Waals surface area contributed by atoms with E-state index < -0.39 is 6.03 Å². The molecule has 0 atom stereocenters. The maximum Gasteiger partial charge on any atom is 0.319 e. The zero-order valence-electron chi connectivity index (χ0n) is 13.5. The van der Waals surface area contributed by atoms with E-state index in [0.29, 0.717) is 30.2 Å². The van der Waals surface area contributed by atoms with Gasteiger partial charge in [0.05, 0.1) is 18.4 Å². The predicted octanol–water partition coefficient (Wildman–Crippen LogP) is 1.48. The third kappa shape index (κ3) is 4.66. The number of piperazine rings is 1. The molecule has 0 unspecified atom stereocenters. The molecule has 0 spiro atoms. The van der Waals surface area contributed by atoms with Crippen LogP contribution in [0.15, 0.2) is 42.6 Å². The maximum atomic E-state index is 13.1. The molecule has 1 fully saturated rings. The van der Waals surface area contributed by atoms with Crippen molar-refractivity contribution < 1.29 is 14.0 Å². The van der Waals surface area contributed by atoms with Crippen LogP contribution in [0, 0.1) is 5.82 Å². The first-order valence-electron chi connectivity index (χ1n) is 7.87. The number of hydrogen-bond acceptors (Lipinski definition) is 4. The summed E-state index contributed by atoms with van der Waals surface area (Å²) in [6, 6.07) is 9.10. The summed E-state index contributed by atoms with van der Waals surface area (Å²) in [6.45, 7) is 1.77. The van der Waals surface area contributed by atoms with Crippen molar-refractivity contribution in [1.82, 2.24) is 15.6 Å². The molecule has 0 saturated carbocycles. The van der Waals surface area contributed by atoms with Gasteiger partial charge in [-0.05, 0) is 29.8 Å². The van der Waals surface area contributed by atoms with E-state index in [9.17, 15) is 14.0 Å². The number of hydrogen-bond donors (Lipinski definition) is 3. The molecule has 8 heteroatoms. The number of benzene rings is 1. The highest BCUT2D eigenvalue weighted by molar-refractivity contribution is 5.89. The fraction of sp³-hybridized carbons (Fsp3) is 0.235. The molecule has 0 radical (unpaired) electrons. The van der Waals surface area contributed by atoms with Crippen LogP contribution in [-0.2, 0) is 11.3 Å². The molecule has 1 saturated heterocycles. The van der Waals surface area contributed by atoms with E-state index >= 15 is 0 Å². The molecule has 1 aromatic heterocycles. The minimum atomic E-state index is -0.406. The van der Waals surface area contributed by atoms with Crippen molar-refractivity contribution in [2.75, 3.05) is 29.9 Å². The van der Waals surface area contributed by atoms with Crippen LogP contribution in [0.5, 0.6) is 0 Å². The van der Waals surface area contributed by atoms with Crippen LogP contribution in [0.4, 0.5) is 20.7 Å². The second-order valence-electron chi connectivity index (χ2n) is 5.61. The molecule has 3 N–H and O–H groups in total. The van der Waals surface area contributed by atoms with Crippen LogP contribution >= 0.6 is 0 Å². The van der Waals surface area contributed by atoms with Gasteiger partial charge in [-0.3, -0.25) is 4.79 Å². The second-order valence-corrected chi connectivity index (χ2v) is 5.61. The highest BCUT2D eigenvalue weighted by atomic mass is 19.1. The van der Waals surface area contributed by atoms with Crippen LogP contribution in [0.1, 0.15) is 5.56 Å². The largest absolute Gasteiger partial charge is 0.353 e. The van der Waals surface area contributed by atoms with Gasteiger partial charge >= 0.3 is 6.03 Å². The molecular formula is C17H18FN5O2. The van der Waals surface area contributed by atoms with Gasteiger partial charge < -0.3 is 20.9 Å². The molecule has 2 heterocycles. The Kier molecular flexibility index (Phi) is 5.08. The highest BCUT2D eigenvalue weighted by Crippen LogP contribution is 2.14. The number of urea groups is 1. The molecule has 7 nitrogen and oxygen atoms in total. The van der Waals surface area contributed by atoms with Crippen molar-refractivity contribution in [1.29, 1.82) is 0 Å². The average Bonchev–Trinajstić information content (AvgIpc) is 2.61. The first kappa shape index (κ1) is 16.7. The van der Waals surface area contributed by atoms with E-state index in [2.05, 4.69) is 20.9 Å². The first-order valence-corrected chi connectivity index (χ1v) is 7.87. The van der Waals surface area contributed by atoms with Gasteiger partial charge in [-0.15, -0.1) is 0 Å². The summed E-state index contributed by atoms with van der Waals surface area (Å²) in [5.41, 5.74) is 1.20. The number of rotatable bonds is 4. The van der Waals surface area contributed by atoms with Crippen LogP contribution in [-0.4, -0.2) is 36.6 Å². The standard InChI is InChI=1S/C17H18FN5O2/c18-13-3-1-2-12(8-13)9-21-17(25)22-14-4-5-15(20-10-14)23-7-6-19-16(24)11-23/h1-5,8,10H,6-7,9,11H2,(H,19,24)(H2,21,22,25). The van der Waals surface area contributed by atoms with Crippen molar-refractivity contribution in [3.05, 3.63) is 54.0 Å². The number of amides is 3. The lowest BCUT2D eigenvalue weighted by atomic mass is 10.2. The minimum absolute atomic E-state index is 0.0352. The van der Waals surface area contributed by atoms with E-state index in [4.69, 9.17) is 0 Å². The molecule has 130 valence electrons. The van der Waals surface area contributed by atoms with Gasteiger partial charge in [0, 0.05) is 19.6 Å². The van der Waals surface area contributed by atoms with Crippen molar-refractivity contribution in [2.24, 2.45) is 0 Å². The van der Waals surface area contributed by atoms with Gasteiger partial charge in [0.2, 0.25) is 5.91 Å². The van der Waals surface area contributed by atoms with Gasteiger partial charge in [0.1, 0.15) is 11.6 Å². The number of nitrogens with one attached hydrogen (secondary N) is 3. The van der Waals surface area contributed by atoms with Crippen LogP contribution < -0.4 is 20.9 Å². The molecule has 1 aliphatic rings. The number of nitrogens with zero attached hydrogens (tertiary/aromatic N) is 2. The molecular weight excluding hydrogens is 325 g/mol. The maximum absolute atomic E-state index is 13.1. The Labute approximate surface area is 144 Å². The Bertz CT molecular complexity index is 766. The quantitative estimate of drug-likeness (QED) is 0.785. The van der Waals surface area contributed by atoms with Gasteiger partial charge in [-0.1, -0.05) is 12.1 Å². The van der Waals surface area contributed by atoms with Gasteiger partial charge in [-0.2, -0.15) is 0 Å². The summed E-state index contributed by atoms with van der Waals surface area (Å²) in [7, 11) is 0. The lowest BCUT2D eigenvalue weighted by Crippen LogP contribution is -2.48. The summed E-state index contributed by atoms with van der Waals surface area (Å²) in [5, 5.41) is 8.07. The zero-order chi connectivity index (χ0) is 17.6. The predicted molar refractivity (Wildman–Crippen MR) is 91.7 cm³/mol. The van der Waals surface area contributed by atoms with E-state index in [-0.39, 0.29) is 24.8 Å². The SMILES string of the molecule is O=C1CN(c2ccc(NC(=O)NCc3cccc(F)c3)cn2)CCN1. The number of aromatic nitrogens is 1. The number of anilines is 2. The monoisotopic (exact) mass is 343 g/mol. The van der Waals surface area contributed by atoms with E-state index in [1.165, 1.54) is 18.3 Å². The molecule has 0 bridgehead atoms. The highest BCUT2D eigenvalue weighted by Gasteiger charge is 2.17. The number of carbonyl (C=O) groups excluding carboxylic acids is 2. The summed E-state index contributed by atoms with van der Waals surface area (Å²) in [4.78, 5) is 29.4. The average molecular weight is 343 g/mol. The van der Waals surface area contributed by atoms with Gasteiger partial charge in [0.25, 0.3) is 0 Å². The number of pyridine rings is 1. The summed E-state index contributed by atoms with van der Waals surface area (Å²) < 4.78 is 13.1. The Hall–Kier alpha value is -3.16. The van der Waals surface area contributed by atoms with Crippen LogP contribution in [0.3, 0.4) is 0 Å². The zero-order valence-corrected chi connectivity index (χ0v) is 13.5. The summed E-state index contributed by atoms with van der Waals surface area (Å²) in [5.74, 6) is 0.304. The molecule has 1 aliphatic heterocycles. The fourth-order valence-corrected chi connectivity index (χ4v) is 2.49. The van der Waals surface area contributed by atoms with Crippen molar-refractivity contribution in [3.8, 4) is 0 Å². The van der Waals surface area contributed by atoms with Crippen LogP contribution in [0.2, 0.25) is 0 Å². The number of carbonyl (C=O) groups is 2. The molecule has 1 aromatic carbocycles. The Morgan fingerprint density at radius 1 is 1.32 bits per heavy atom. The molecule has 2 aromatic rings. The Balaban J connectivity index is 1.52. The van der Waals surface area contributed by atoms with Gasteiger partial charge in [-0.25, -0.2) is 14.2 Å². The van der Waals surface area contributed by atoms with Crippen LogP contribution in [0.25, 0.3) is 0 Å². The third-order valence-corrected chi connectivity index (χ3v) is 3.71. The summed E-state index contributed by atoms with van der Waals surface area (Å²) in [6.07, 6.45) is 1.53. The lowest BCUT2D eigenvalue weighted by Gasteiger charge is -2.27. The first-order chi connectivity index (χ1) is 12.1. The molecule has 3 rings (SSSR count). The molecule has 3 amide bonds. The Morgan fingerprint density at radius 3 is 2.92 bits per heavy atom. The smallest absolute Gasteiger partial charge is 0.319 e. The van der Waals surface area contributed by atoms with Crippen molar-refractivity contribution in [3.63, 3.8) is 0 Å².